The zero-order valence-electron chi connectivity index (χ0n) is 9.02. The molecule has 0 N–H and O–H groups in total. The minimum atomic E-state index is -1.81. The maximum atomic E-state index is 5.99. The van der Waals surface area contributed by atoms with E-state index in [0.29, 0.717) is 0 Å². The van der Waals surface area contributed by atoms with Gasteiger partial charge in [0.15, 0.2) is 0 Å². The summed E-state index contributed by atoms with van der Waals surface area (Å²) >= 11 is 0. The van der Waals surface area contributed by atoms with E-state index in [-0.39, 0.29) is 11.0 Å². The van der Waals surface area contributed by atoms with Crippen LogP contribution < -0.4 is 0 Å². The summed E-state index contributed by atoms with van der Waals surface area (Å²) in [5, 5.41) is 0. The number of rotatable bonds is 0. The highest BCUT2D eigenvalue weighted by molar-refractivity contribution is 6.64. The first-order chi connectivity index (χ1) is 5.16. The van der Waals surface area contributed by atoms with Gasteiger partial charge in [0.1, 0.15) is 0 Å². The van der Waals surface area contributed by atoms with Crippen LogP contribution in [-0.4, -0.2) is 20.8 Å². The van der Waals surface area contributed by atoms with E-state index in [4.69, 9.17) is 8.85 Å². The molecule has 2 nitrogen and oxygen atoms in total. The van der Waals surface area contributed by atoms with Crippen LogP contribution in [0.5, 0.6) is 0 Å². The highest BCUT2D eigenvalue weighted by atomic mass is 28.4. The number of hydrogen-bond acceptors (Lipinski definition) is 2. The van der Waals surface area contributed by atoms with Crippen molar-refractivity contribution in [1.82, 2.24) is 0 Å². The normalized spacial score (nSPS) is 31.5. The predicted molar refractivity (Wildman–Crippen MR) is 52.4 cm³/mol. The van der Waals surface area contributed by atoms with Crippen molar-refractivity contribution in [1.29, 1.82) is 0 Å². The summed E-state index contributed by atoms with van der Waals surface area (Å²) in [4.78, 5) is 0. The van der Waals surface area contributed by atoms with Crippen LogP contribution in [0.4, 0.5) is 0 Å². The van der Waals surface area contributed by atoms with Gasteiger partial charge in [-0.1, -0.05) is 13.8 Å². The fourth-order valence-electron chi connectivity index (χ4n) is 1.31. The molecule has 1 fully saturated rings. The molecule has 0 spiro atoms. The van der Waals surface area contributed by atoms with Crippen molar-refractivity contribution in [2.75, 3.05) is 6.61 Å². The zero-order chi connectivity index (χ0) is 9.62. The summed E-state index contributed by atoms with van der Waals surface area (Å²) in [6, 6.07) is 0. The minimum absolute atomic E-state index is 0.0546. The van der Waals surface area contributed by atoms with Crippen molar-refractivity contribution < 1.29 is 8.85 Å². The summed E-state index contributed by atoms with van der Waals surface area (Å²) in [5.74, 6) is 0. The van der Waals surface area contributed by atoms with Crippen molar-refractivity contribution in [2.45, 2.75) is 46.4 Å². The summed E-state index contributed by atoms with van der Waals surface area (Å²) in [6.07, 6.45) is 0. The molecular formula is C9H20O2Si. The van der Waals surface area contributed by atoms with E-state index < -0.39 is 8.56 Å². The largest absolute Gasteiger partial charge is 0.394 e. The van der Waals surface area contributed by atoms with Crippen molar-refractivity contribution in [3.63, 3.8) is 0 Å². The SMILES string of the molecule is CC1(C)CO[Si](C)(C)OC1(C)C. The lowest BCUT2D eigenvalue weighted by Crippen LogP contribution is -2.58. The van der Waals surface area contributed by atoms with Crippen LogP contribution in [0.1, 0.15) is 27.7 Å². The first-order valence-electron chi connectivity index (χ1n) is 4.50. The van der Waals surface area contributed by atoms with E-state index in [1.54, 1.807) is 0 Å². The van der Waals surface area contributed by atoms with Crippen LogP contribution >= 0.6 is 0 Å². The van der Waals surface area contributed by atoms with E-state index in [0.717, 1.165) is 6.61 Å². The molecule has 1 aliphatic heterocycles. The highest BCUT2D eigenvalue weighted by Crippen LogP contribution is 2.40. The molecule has 1 aliphatic rings. The van der Waals surface area contributed by atoms with E-state index in [2.05, 4.69) is 40.8 Å². The molecule has 0 unspecified atom stereocenters. The molecule has 1 rings (SSSR count). The lowest BCUT2D eigenvalue weighted by Gasteiger charge is -2.50. The Morgan fingerprint density at radius 2 is 1.58 bits per heavy atom. The molecule has 0 aliphatic carbocycles. The van der Waals surface area contributed by atoms with Gasteiger partial charge in [-0.05, 0) is 26.9 Å². The van der Waals surface area contributed by atoms with E-state index in [9.17, 15) is 0 Å². The molecule has 0 aromatic carbocycles. The third kappa shape index (κ3) is 1.73. The Kier molecular flexibility index (Phi) is 2.18. The van der Waals surface area contributed by atoms with E-state index in [1.807, 2.05) is 0 Å². The highest BCUT2D eigenvalue weighted by Gasteiger charge is 2.48. The zero-order valence-corrected chi connectivity index (χ0v) is 10.0. The molecule has 72 valence electrons. The van der Waals surface area contributed by atoms with E-state index >= 15 is 0 Å². The third-order valence-electron chi connectivity index (χ3n) is 2.91. The third-order valence-corrected chi connectivity index (χ3v) is 4.75. The molecule has 1 saturated heterocycles. The average Bonchev–Trinajstić information content (AvgIpc) is 1.79. The standard InChI is InChI=1S/C9H20O2Si/c1-8(2)7-10-12(5,6)11-9(8,3)4/h7H2,1-6H3. The monoisotopic (exact) mass is 188 g/mol. The van der Waals surface area contributed by atoms with Crippen LogP contribution in [0.15, 0.2) is 0 Å². The Labute approximate surface area is 76.5 Å². The Morgan fingerprint density at radius 1 is 1.08 bits per heavy atom. The molecule has 0 radical (unpaired) electrons. The van der Waals surface area contributed by atoms with Gasteiger partial charge in [0.2, 0.25) is 0 Å². The van der Waals surface area contributed by atoms with Crippen molar-refractivity contribution >= 4 is 8.56 Å². The molecule has 3 heteroatoms. The molecule has 12 heavy (non-hydrogen) atoms. The van der Waals surface area contributed by atoms with Crippen molar-refractivity contribution in [3.8, 4) is 0 Å². The summed E-state index contributed by atoms with van der Waals surface area (Å²) in [6.45, 7) is 13.7. The van der Waals surface area contributed by atoms with Gasteiger partial charge in [0, 0.05) is 12.0 Å². The van der Waals surface area contributed by atoms with Gasteiger partial charge in [-0.15, -0.1) is 0 Å². The van der Waals surface area contributed by atoms with Gasteiger partial charge in [0.25, 0.3) is 0 Å². The molecule has 1 heterocycles. The molecule has 0 bridgehead atoms. The van der Waals surface area contributed by atoms with E-state index in [1.165, 1.54) is 0 Å². The number of hydrogen-bond donors (Lipinski definition) is 0. The smallest absolute Gasteiger partial charge is 0.332 e. The second-order valence-electron chi connectivity index (χ2n) is 5.18. The Bertz CT molecular complexity index is 185. The van der Waals surface area contributed by atoms with Crippen molar-refractivity contribution in [3.05, 3.63) is 0 Å². The maximum absolute atomic E-state index is 5.99. The van der Waals surface area contributed by atoms with Crippen molar-refractivity contribution in [2.24, 2.45) is 5.41 Å². The van der Waals surface area contributed by atoms with Crippen LogP contribution in [0.3, 0.4) is 0 Å². The summed E-state index contributed by atoms with van der Waals surface area (Å²) in [7, 11) is -1.81. The molecule has 0 amide bonds. The van der Waals surface area contributed by atoms with Gasteiger partial charge < -0.3 is 8.85 Å². The second-order valence-corrected chi connectivity index (χ2v) is 8.48. The quantitative estimate of drug-likeness (QED) is 0.544. The lowest BCUT2D eigenvalue weighted by atomic mass is 9.78. The maximum Gasteiger partial charge on any atom is 0.332 e. The fourth-order valence-corrected chi connectivity index (χ4v) is 3.58. The Morgan fingerprint density at radius 3 is 1.92 bits per heavy atom. The second kappa shape index (κ2) is 2.56. The Balaban J connectivity index is 2.82. The molecule has 0 aromatic heterocycles. The first kappa shape index (κ1) is 10.2. The van der Waals surface area contributed by atoms with Crippen LogP contribution in [-0.2, 0) is 8.85 Å². The van der Waals surface area contributed by atoms with Gasteiger partial charge in [-0.2, -0.15) is 0 Å². The predicted octanol–water partition coefficient (Wildman–Crippen LogP) is 2.54. The van der Waals surface area contributed by atoms with Gasteiger partial charge in [0.05, 0.1) is 5.60 Å². The molecule has 0 aromatic rings. The van der Waals surface area contributed by atoms with Crippen LogP contribution in [0.2, 0.25) is 13.1 Å². The fraction of sp³-hybridized carbons (Fsp3) is 1.00. The summed E-state index contributed by atoms with van der Waals surface area (Å²) in [5.41, 5.74) is 0.0660. The molecule has 0 atom stereocenters. The Hall–Kier alpha value is 0.137. The minimum Gasteiger partial charge on any atom is -0.394 e. The topological polar surface area (TPSA) is 18.5 Å². The molecular weight excluding hydrogens is 168 g/mol. The summed E-state index contributed by atoms with van der Waals surface area (Å²) < 4.78 is 11.7. The van der Waals surface area contributed by atoms with Gasteiger partial charge in [-0.25, -0.2) is 0 Å². The lowest BCUT2D eigenvalue weighted by molar-refractivity contribution is -0.106. The van der Waals surface area contributed by atoms with Gasteiger partial charge in [-0.3, -0.25) is 0 Å². The van der Waals surface area contributed by atoms with Crippen LogP contribution in [0.25, 0.3) is 0 Å². The van der Waals surface area contributed by atoms with Gasteiger partial charge >= 0.3 is 8.56 Å². The first-order valence-corrected chi connectivity index (χ1v) is 7.32. The average molecular weight is 188 g/mol. The van der Waals surface area contributed by atoms with Crippen LogP contribution in [0, 0.1) is 5.41 Å². The molecule has 0 saturated carbocycles.